The number of likely N-dealkylation sites (tertiary alicyclic amines) is 1. The second-order valence-electron chi connectivity index (χ2n) is 8.59. The molecule has 0 bridgehead atoms. The van der Waals surface area contributed by atoms with Crippen LogP contribution in [0.3, 0.4) is 0 Å². The topological polar surface area (TPSA) is 36.9 Å². The highest BCUT2D eigenvalue weighted by atomic mass is 16.5. The van der Waals surface area contributed by atoms with Crippen LogP contribution in [0.1, 0.15) is 62.6 Å². The lowest BCUT2D eigenvalue weighted by molar-refractivity contribution is 0.218. The molecule has 160 valence electrons. The van der Waals surface area contributed by atoms with E-state index in [9.17, 15) is 0 Å². The Morgan fingerprint density at radius 2 is 1.80 bits per heavy atom. The van der Waals surface area contributed by atoms with Gasteiger partial charge < -0.3 is 10.2 Å². The average Bonchev–Trinajstić information content (AvgIpc) is 3.20. The minimum Gasteiger partial charge on any atom is -0.493 e. The number of para-hydroxylation sites is 1. The van der Waals surface area contributed by atoms with Crippen molar-refractivity contribution in [2.75, 3.05) is 19.7 Å². The number of nitrogens with zero attached hydrogens (tertiary/aromatic N) is 2. The molecule has 2 aliphatic heterocycles. The molecule has 0 amide bonds. The Labute approximate surface area is 181 Å². The molecule has 2 aromatic rings. The smallest absolute Gasteiger partial charge is 0.124 e. The molecule has 4 heteroatoms. The van der Waals surface area contributed by atoms with Crippen LogP contribution in [0.5, 0.6) is 5.75 Å². The predicted octanol–water partition coefficient (Wildman–Crippen LogP) is 5.56. The van der Waals surface area contributed by atoms with Crippen LogP contribution >= 0.6 is 0 Å². The molecule has 30 heavy (non-hydrogen) atoms. The van der Waals surface area contributed by atoms with Gasteiger partial charge in [0.1, 0.15) is 5.75 Å². The Kier molecular flexibility index (Phi) is 7.41. The molecule has 0 spiro atoms. The monoisotopic (exact) mass is 405 g/mol. The molecule has 0 aliphatic carbocycles. The molecular weight excluding hydrogens is 370 g/mol. The van der Waals surface area contributed by atoms with Crippen LogP contribution in [-0.2, 0) is 6.54 Å². The Hall–Kier alpha value is -2.33. The van der Waals surface area contributed by atoms with Crippen LogP contribution < -0.4 is 10.2 Å². The lowest BCUT2D eigenvalue weighted by Gasteiger charge is -2.34. The van der Waals surface area contributed by atoms with Gasteiger partial charge in [-0.25, -0.2) is 0 Å². The second-order valence-corrected chi connectivity index (χ2v) is 8.59. The second kappa shape index (κ2) is 10.6. The number of nitrogens with one attached hydrogen (secondary N) is 1. The summed E-state index contributed by atoms with van der Waals surface area (Å²) in [5.74, 6) is 1.43. The molecule has 4 rings (SSSR count). The third kappa shape index (κ3) is 5.23. The van der Waals surface area contributed by atoms with Crippen LogP contribution in [-0.4, -0.2) is 30.3 Å². The number of ether oxygens (including phenoxy) is 1. The van der Waals surface area contributed by atoms with E-state index in [0.717, 1.165) is 44.8 Å². The lowest BCUT2D eigenvalue weighted by Crippen LogP contribution is -2.41. The number of hydrogen-bond donors (Lipinski definition) is 1. The van der Waals surface area contributed by atoms with Gasteiger partial charge in [0.05, 0.1) is 12.6 Å². The van der Waals surface area contributed by atoms with E-state index in [4.69, 9.17) is 9.84 Å². The minimum absolute atomic E-state index is 0.204. The van der Waals surface area contributed by atoms with Gasteiger partial charge in [-0.05, 0) is 18.1 Å². The largest absolute Gasteiger partial charge is 0.493 e. The zero-order chi connectivity index (χ0) is 20.6. The molecule has 2 unspecified atom stereocenters. The summed E-state index contributed by atoms with van der Waals surface area (Å²) in [6.45, 7) is 6.18. The van der Waals surface area contributed by atoms with Gasteiger partial charge in [0.25, 0.3) is 0 Å². The number of benzene rings is 2. The molecule has 1 fully saturated rings. The SMILES string of the molecule is CCCCCCCOc1ccccc1C1NN=C2CCN(Cc3ccccc3)CC21. The number of hydrogen-bond acceptors (Lipinski definition) is 4. The van der Waals surface area contributed by atoms with Gasteiger partial charge in [-0.2, -0.15) is 5.10 Å². The highest BCUT2D eigenvalue weighted by Crippen LogP contribution is 2.37. The predicted molar refractivity (Wildman–Crippen MR) is 124 cm³/mol. The fourth-order valence-electron chi connectivity index (χ4n) is 4.64. The Balaban J connectivity index is 1.38. The van der Waals surface area contributed by atoms with Gasteiger partial charge in [-0.15, -0.1) is 0 Å². The van der Waals surface area contributed by atoms with Crippen LogP contribution in [0.4, 0.5) is 0 Å². The zero-order valence-corrected chi connectivity index (χ0v) is 18.2. The highest BCUT2D eigenvalue weighted by Gasteiger charge is 2.38. The first-order valence-corrected chi connectivity index (χ1v) is 11.6. The minimum atomic E-state index is 0.204. The fraction of sp³-hybridized carbons (Fsp3) is 0.500. The quantitative estimate of drug-likeness (QED) is 0.526. The van der Waals surface area contributed by atoms with Crippen molar-refractivity contribution < 1.29 is 4.74 Å². The number of hydrazone groups is 1. The van der Waals surface area contributed by atoms with Gasteiger partial charge in [-0.3, -0.25) is 4.90 Å². The van der Waals surface area contributed by atoms with Crippen molar-refractivity contribution in [1.82, 2.24) is 10.3 Å². The fourth-order valence-corrected chi connectivity index (χ4v) is 4.64. The van der Waals surface area contributed by atoms with E-state index in [0.29, 0.717) is 5.92 Å². The number of rotatable bonds is 10. The summed E-state index contributed by atoms with van der Waals surface area (Å²) in [4.78, 5) is 2.57. The van der Waals surface area contributed by atoms with Crippen molar-refractivity contribution >= 4 is 5.71 Å². The molecule has 0 radical (unpaired) electrons. The summed E-state index contributed by atoms with van der Waals surface area (Å²) in [7, 11) is 0. The average molecular weight is 406 g/mol. The molecule has 2 heterocycles. The number of unbranched alkanes of at least 4 members (excludes halogenated alkanes) is 4. The first-order chi connectivity index (χ1) is 14.8. The lowest BCUT2D eigenvalue weighted by atomic mass is 9.86. The number of fused-ring (bicyclic) bond motifs is 1. The Morgan fingerprint density at radius 1 is 1.00 bits per heavy atom. The third-order valence-electron chi connectivity index (χ3n) is 6.33. The maximum atomic E-state index is 6.23. The van der Waals surface area contributed by atoms with Crippen LogP contribution in [0.15, 0.2) is 59.7 Å². The normalized spacial score (nSPS) is 21.0. The summed E-state index contributed by atoms with van der Waals surface area (Å²) < 4.78 is 6.23. The molecule has 2 aliphatic rings. The molecule has 0 saturated carbocycles. The van der Waals surface area contributed by atoms with E-state index in [1.165, 1.54) is 42.5 Å². The highest BCUT2D eigenvalue weighted by molar-refractivity contribution is 5.90. The van der Waals surface area contributed by atoms with Crippen molar-refractivity contribution in [3.8, 4) is 5.75 Å². The van der Waals surface area contributed by atoms with Crippen molar-refractivity contribution in [1.29, 1.82) is 0 Å². The maximum Gasteiger partial charge on any atom is 0.124 e. The molecule has 2 aromatic carbocycles. The van der Waals surface area contributed by atoms with Crippen LogP contribution in [0, 0.1) is 5.92 Å². The molecule has 2 atom stereocenters. The Bertz CT molecular complexity index is 820. The summed E-state index contributed by atoms with van der Waals surface area (Å²) in [6.07, 6.45) is 7.33. The summed E-state index contributed by atoms with van der Waals surface area (Å²) >= 11 is 0. The first-order valence-electron chi connectivity index (χ1n) is 11.6. The molecule has 1 N–H and O–H groups in total. The standard InChI is InChI=1S/C26H35N3O/c1-2-3-4-5-11-18-30-25-15-10-9-14-22(25)26-23-20-29(17-16-24(23)27-28-26)19-21-12-7-6-8-13-21/h6-10,12-15,23,26,28H,2-5,11,16-20H2,1H3. The van der Waals surface area contributed by atoms with Crippen molar-refractivity contribution in [2.45, 2.75) is 58.0 Å². The van der Waals surface area contributed by atoms with Gasteiger partial charge in [0.15, 0.2) is 0 Å². The van der Waals surface area contributed by atoms with Crippen LogP contribution in [0.2, 0.25) is 0 Å². The first kappa shape index (κ1) is 20.9. The van der Waals surface area contributed by atoms with E-state index in [1.807, 2.05) is 0 Å². The van der Waals surface area contributed by atoms with E-state index in [-0.39, 0.29) is 6.04 Å². The van der Waals surface area contributed by atoms with Crippen molar-refractivity contribution in [2.24, 2.45) is 11.0 Å². The van der Waals surface area contributed by atoms with E-state index in [1.54, 1.807) is 0 Å². The molecule has 1 saturated heterocycles. The summed E-state index contributed by atoms with van der Waals surface area (Å²) in [6, 6.07) is 19.5. The van der Waals surface area contributed by atoms with Gasteiger partial charge in [-0.1, -0.05) is 81.1 Å². The van der Waals surface area contributed by atoms with Crippen molar-refractivity contribution in [3.63, 3.8) is 0 Å². The summed E-state index contributed by atoms with van der Waals surface area (Å²) in [5, 5.41) is 4.71. The van der Waals surface area contributed by atoms with Crippen LogP contribution in [0.25, 0.3) is 0 Å². The van der Waals surface area contributed by atoms with Gasteiger partial charge >= 0.3 is 0 Å². The molecule has 4 nitrogen and oxygen atoms in total. The van der Waals surface area contributed by atoms with E-state index >= 15 is 0 Å². The molecule has 0 aromatic heterocycles. The van der Waals surface area contributed by atoms with Gasteiger partial charge in [0, 0.05) is 43.2 Å². The summed E-state index contributed by atoms with van der Waals surface area (Å²) in [5.41, 5.74) is 7.39. The van der Waals surface area contributed by atoms with Gasteiger partial charge in [0.2, 0.25) is 0 Å². The van der Waals surface area contributed by atoms with E-state index in [2.05, 4.69) is 71.8 Å². The van der Waals surface area contributed by atoms with E-state index < -0.39 is 0 Å². The number of piperidine rings is 1. The maximum absolute atomic E-state index is 6.23. The third-order valence-corrected chi connectivity index (χ3v) is 6.33. The molecular formula is C26H35N3O. The zero-order valence-electron chi connectivity index (χ0n) is 18.2. The Morgan fingerprint density at radius 3 is 2.67 bits per heavy atom. The van der Waals surface area contributed by atoms with Crippen molar-refractivity contribution in [3.05, 3.63) is 65.7 Å².